The van der Waals surface area contributed by atoms with Gasteiger partial charge in [-0.3, -0.25) is 10.1 Å². The van der Waals surface area contributed by atoms with E-state index in [9.17, 15) is 4.79 Å². The summed E-state index contributed by atoms with van der Waals surface area (Å²) in [5.41, 5.74) is 3.75. The molecule has 0 aliphatic carbocycles. The first-order chi connectivity index (χ1) is 14.2. The molecule has 5 nitrogen and oxygen atoms in total. The number of hydrogen-bond donors (Lipinski definition) is 1. The predicted octanol–water partition coefficient (Wildman–Crippen LogP) is 5.30. The van der Waals surface area contributed by atoms with E-state index in [1.807, 2.05) is 60.9 Å². The zero-order valence-electron chi connectivity index (χ0n) is 15.8. The van der Waals surface area contributed by atoms with Crippen LogP contribution in [0.4, 0.5) is 6.01 Å². The number of carbonyl (C=O) groups excluding carboxylic acids is 1. The average molecular weight is 401 g/mol. The molecule has 144 valence electrons. The van der Waals surface area contributed by atoms with Crippen molar-refractivity contribution in [1.82, 2.24) is 10.2 Å². The lowest BCUT2D eigenvalue weighted by Crippen LogP contribution is -2.11. The fraction of sp³-hybridized carbons (Fsp3) is 0.0870. The minimum Gasteiger partial charge on any atom is -0.407 e. The van der Waals surface area contributed by atoms with Crippen LogP contribution in [0, 0.1) is 0 Å². The Balaban J connectivity index is 1.39. The second-order valence-corrected chi connectivity index (χ2v) is 7.30. The van der Waals surface area contributed by atoms with Gasteiger partial charge in [0.05, 0.1) is 6.42 Å². The number of aromatic nitrogens is 2. The SMILES string of the molecule is CSc1ccc(Cc2nnc(NC(=O)c3ccc(-c4ccccc4)cc3)o2)cc1. The lowest BCUT2D eigenvalue weighted by Gasteiger charge is -2.04. The lowest BCUT2D eigenvalue weighted by molar-refractivity contribution is 0.102. The van der Waals surface area contributed by atoms with Gasteiger partial charge in [-0.1, -0.05) is 59.7 Å². The number of amides is 1. The van der Waals surface area contributed by atoms with E-state index < -0.39 is 0 Å². The Morgan fingerprint density at radius 2 is 1.59 bits per heavy atom. The summed E-state index contributed by atoms with van der Waals surface area (Å²) in [6.45, 7) is 0. The molecule has 0 bridgehead atoms. The Labute approximate surface area is 173 Å². The zero-order chi connectivity index (χ0) is 20.1. The monoisotopic (exact) mass is 401 g/mol. The van der Waals surface area contributed by atoms with Gasteiger partial charge in [0, 0.05) is 10.5 Å². The highest BCUT2D eigenvalue weighted by atomic mass is 32.2. The van der Waals surface area contributed by atoms with Crippen molar-refractivity contribution in [2.24, 2.45) is 0 Å². The van der Waals surface area contributed by atoms with E-state index >= 15 is 0 Å². The van der Waals surface area contributed by atoms with E-state index in [1.165, 1.54) is 4.90 Å². The minimum atomic E-state index is -0.288. The van der Waals surface area contributed by atoms with Crippen LogP contribution in [0.3, 0.4) is 0 Å². The molecule has 1 amide bonds. The predicted molar refractivity (Wildman–Crippen MR) is 115 cm³/mol. The third-order valence-electron chi connectivity index (χ3n) is 4.46. The Morgan fingerprint density at radius 3 is 2.28 bits per heavy atom. The van der Waals surface area contributed by atoms with Gasteiger partial charge in [-0.05, 0) is 47.2 Å². The van der Waals surface area contributed by atoms with Gasteiger partial charge in [-0.2, -0.15) is 0 Å². The highest BCUT2D eigenvalue weighted by Crippen LogP contribution is 2.20. The maximum Gasteiger partial charge on any atom is 0.322 e. The highest BCUT2D eigenvalue weighted by molar-refractivity contribution is 7.98. The second-order valence-electron chi connectivity index (χ2n) is 6.42. The van der Waals surface area contributed by atoms with Crippen LogP contribution >= 0.6 is 11.8 Å². The van der Waals surface area contributed by atoms with Crippen molar-refractivity contribution in [3.8, 4) is 11.1 Å². The van der Waals surface area contributed by atoms with Gasteiger partial charge in [-0.15, -0.1) is 16.9 Å². The molecule has 0 unspecified atom stereocenters. The van der Waals surface area contributed by atoms with Gasteiger partial charge >= 0.3 is 6.01 Å². The van der Waals surface area contributed by atoms with E-state index in [0.717, 1.165) is 16.7 Å². The molecule has 0 aliphatic rings. The van der Waals surface area contributed by atoms with Crippen LogP contribution in [0.25, 0.3) is 11.1 Å². The van der Waals surface area contributed by atoms with Crippen LogP contribution in [-0.2, 0) is 6.42 Å². The van der Waals surface area contributed by atoms with Crippen molar-refractivity contribution in [1.29, 1.82) is 0 Å². The number of rotatable bonds is 6. The quantitative estimate of drug-likeness (QED) is 0.444. The molecule has 6 heteroatoms. The summed E-state index contributed by atoms with van der Waals surface area (Å²) < 4.78 is 5.57. The van der Waals surface area contributed by atoms with Crippen molar-refractivity contribution >= 4 is 23.7 Å². The Kier molecular flexibility index (Phi) is 5.72. The van der Waals surface area contributed by atoms with Crippen molar-refractivity contribution < 1.29 is 9.21 Å². The first kappa shape index (κ1) is 19.0. The molecule has 29 heavy (non-hydrogen) atoms. The first-order valence-electron chi connectivity index (χ1n) is 9.13. The number of hydrogen-bond acceptors (Lipinski definition) is 5. The van der Waals surface area contributed by atoms with E-state index in [-0.39, 0.29) is 11.9 Å². The number of benzene rings is 3. The summed E-state index contributed by atoms with van der Waals surface area (Å²) in [5.74, 6) is 0.167. The van der Waals surface area contributed by atoms with E-state index in [0.29, 0.717) is 17.9 Å². The van der Waals surface area contributed by atoms with Gasteiger partial charge in [-0.25, -0.2) is 0 Å². The Bertz CT molecular complexity index is 1090. The normalized spacial score (nSPS) is 10.7. The first-order valence-corrected chi connectivity index (χ1v) is 10.4. The van der Waals surface area contributed by atoms with E-state index in [1.54, 1.807) is 23.9 Å². The molecule has 1 heterocycles. The zero-order valence-corrected chi connectivity index (χ0v) is 16.6. The molecule has 0 saturated carbocycles. The molecule has 0 radical (unpaired) electrons. The van der Waals surface area contributed by atoms with E-state index in [4.69, 9.17) is 4.42 Å². The van der Waals surface area contributed by atoms with Crippen molar-refractivity contribution in [3.63, 3.8) is 0 Å². The maximum absolute atomic E-state index is 12.5. The molecule has 4 aromatic rings. The fourth-order valence-electron chi connectivity index (χ4n) is 2.91. The van der Waals surface area contributed by atoms with Crippen LogP contribution in [-0.4, -0.2) is 22.4 Å². The Morgan fingerprint density at radius 1 is 0.897 bits per heavy atom. The van der Waals surface area contributed by atoms with Gasteiger partial charge in [0.25, 0.3) is 5.91 Å². The minimum absolute atomic E-state index is 0.0952. The molecular formula is C23H19N3O2S. The van der Waals surface area contributed by atoms with Crippen LogP contribution in [0.15, 0.2) is 88.2 Å². The molecule has 0 aliphatic heterocycles. The fourth-order valence-corrected chi connectivity index (χ4v) is 3.32. The molecule has 0 spiro atoms. The smallest absolute Gasteiger partial charge is 0.322 e. The third kappa shape index (κ3) is 4.73. The lowest BCUT2D eigenvalue weighted by atomic mass is 10.0. The Hall–Kier alpha value is -3.38. The van der Waals surface area contributed by atoms with Crippen molar-refractivity contribution in [3.05, 3.63) is 95.9 Å². The number of nitrogens with zero attached hydrogens (tertiary/aromatic N) is 2. The molecule has 3 aromatic carbocycles. The summed E-state index contributed by atoms with van der Waals surface area (Å²) in [6.07, 6.45) is 2.56. The number of carbonyl (C=O) groups is 1. The third-order valence-corrected chi connectivity index (χ3v) is 5.20. The topological polar surface area (TPSA) is 68.0 Å². The average Bonchev–Trinajstić information content (AvgIpc) is 3.21. The number of thioether (sulfide) groups is 1. The summed E-state index contributed by atoms with van der Waals surface area (Å²) in [7, 11) is 0. The molecule has 0 atom stereocenters. The van der Waals surface area contributed by atoms with Gasteiger partial charge < -0.3 is 4.42 Å². The summed E-state index contributed by atoms with van der Waals surface area (Å²) in [4.78, 5) is 13.7. The molecule has 1 aromatic heterocycles. The van der Waals surface area contributed by atoms with Gasteiger partial charge in [0.1, 0.15) is 0 Å². The standard InChI is InChI=1S/C23H19N3O2S/c1-29-20-13-7-16(8-14-20)15-21-25-26-23(28-21)24-22(27)19-11-9-18(10-12-19)17-5-3-2-4-6-17/h2-14H,15H2,1H3,(H,24,26,27). The highest BCUT2D eigenvalue weighted by Gasteiger charge is 2.12. The van der Waals surface area contributed by atoms with Crippen LogP contribution in [0.2, 0.25) is 0 Å². The maximum atomic E-state index is 12.5. The molecule has 4 rings (SSSR count). The molecule has 0 saturated heterocycles. The van der Waals surface area contributed by atoms with Crippen molar-refractivity contribution in [2.45, 2.75) is 11.3 Å². The van der Waals surface area contributed by atoms with Crippen LogP contribution < -0.4 is 5.32 Å². The molecule has 1 N–H and O–H groups in total. The van der Waals surface area contributed by atoms with Gasteiger partial charge in [0.15, 0.2) is 0 Å². The number of anilines is 1. The molecular weight excluding hydrogens is 382 g/mol. The largest absolute Gasteiger partial charge is 0.407 e. The summed E-state index contributed by atoms with van der Waals surface area (Å²) in [6, 6.07) is 25.7. The summed E-state index contributed by atoms with van der Waals surface area (Å²) in [5, 5.41) is 10.6. The van der Waals surface area contributed by atoms with E-state index in [2.05, 4.69) is 27.6 Å². The number of nitrogens with one attached hydrogen (secondary N) is 1. The molecule has 0 fully saturated rings. The van der Waals surface area contributed by atoms with Crippen molar-refractivity contribution in [2.75, 3.05) is 11.6 Å². The van der Waals surface area contributed by atoms with Crippen LogP contribution in [0.1, 0.15) is 21.8 Å². The second kappa shape index (κ2) is 8.75. The summed E-state index contributed by atoms with van der Waals surface area (Å²) >= 11 is 1.69. The van der Waals surface area contributed by atoms with Crippen LogP contribution in [0.5, 0.6) is 0 Å². The van der Waals surface area contributed by atoms with Gasteiger partial charge in [0.2, 0.25) is 5.89 Å².